The number of hydrogen-bond donors (Lipinski definition) is 4. The third-order valence-corrected chi connectivity index (χ3v) is 8.67. The first-order valence-corrected chi connectivity index (χ1v) is 15.7. The molecule has 4 heterocycles. The predicted molar refractivity (Wildman–Crippen MR) is 159 cm³/mol. The van der Waals surface area contributed by atoms with Crippen molar-refractivity contribution in [2.75, 3.05) is 67.4 Å². The van der Waals surface area contributed by atoms with E-state index in [9.17, 15) is 13.2 Å². The van der Waals surface area contributed by atoms with E-state index in [1.54, 1.807) is 24.8 Å². The SMILES string of the molecule is COc1cc(N2CCN(CCS(C)(=O)=O)CC2)c(C)cc1Nc1nc(Nc2ccsc2C(N)=O)c2cc[nH]c2n1. The molecule has 1 amide bonds. The number of H-pyrrole nitrogens is 1. The minimum atomic E-state index is -2.98. The predicted octanol–water partition coefficient (Wildman–Crippen LogP) is 3.09. The molecule has 14 heteroatoms. The fraction of sp³-hybridized carbons (Fsp3) is 0.346. The van der Waals surface area contributed by atoms with Gasteiger partial charge in [0.2, 0.25) is 5.95 Å². The molecule has 1 fully saturated rings. The maximum atomic E-state index is 11.8. The third-order valence-electron chi connectivity index (χ3n) is 6.81. The summed E-state index contributed by atoms with van der Waals surface area (Å²) >= 11 is 1.26. The Labute approximate surface area is 236 Å². The molecular formula is C26H32N8O4S2. The highest BCUT2D eigenvalue weighted by molar-refractivity contribution is 7.90. The normalized spacial score (nSPS) is 14.4. The van der Waals surface area contributed by atoms with E-state index in [1.807, 2.05) is 25.1 Å². The number of aromatic nitrogens is 3. The lowest BCUT2D eigenvalue weighted by atomic mass is 10.1. The second-order valence-electron chi connectivity index (χ2n) is 9.71. The molecule has 4 aromatic rings. The van der Waals surface area contributed by atoms with Crippen LogP contribution in [0.3, 0.4) is 0 Å². The van der Waals surface area contributed by atoms with Crippen LogP contribution in [0.25, 0.3) is 11.0 Å². The molecule has 1 aliphatic heterocycles. The van der Waals surface area contributed by atoms with Crippen molar-refractivity contribution in [2.24, 2.45) is 5.73 Å². The Morgan fingerprint density at radius 1 is 1.15 bits per heavy atom. The molecule has 0 saturated carbocycles. The summed E-state index contributed by atoms with van der Waals surface area (Å²) in [7, 11) is -1.36. The number of nitrogens with two attached hydrogens (primary N) is 1. The van der Waals surface area contributed by atoms with Gasteiger partial charge in [-0.3, -0.25) is 9.69 Å². The highest BCUT2D eigenvalue weighted by Gasteiger charge is 2.22. The molecule has 0 aliphatic carbocycles. The number of fused-ring (bicyclic) bond motifs is 1. The lowest BCUT2D eigenvalue weighted by Gasteiger charge is -2.37. The molecule has 0 radical (unpaired) electrons. The van der Waals surface area contributed by atoms with Gasteiger partial charge in [-0.05, 0) is 36.1 Å². The van der Waals surface area contributed by atoms with Crippen LogP contribution >= 0.6 is 11.3 Å². The smallest absolute Gasteiger partial charge is 0.260 e. The topological polar surface area (TPSA) is 159 Å². The Hall–Kier alpha value is -3.88. The summed E-state index contributed by atoms with van der Waals surface area (Å²) in [5.41, 5.74) is 9.55. The van der Waals surface area contributed by atoms with Crippen molar-refractivity contribution < 1.29 is 17.9 Å². The van der Waals surface area contributed by atoms with Gasteiger partial charge in [-0.25, -0.2) is 8.42 Å². The number of anilines is 5. The van der Waals surface area contributed by atoms with Crippen molar-refractivity contribution in [3.8, 4) is 5.75 Å². The Morgan fingerprint density at radius 2 is 1.93 bits per heavy atom. The number of thiophene rings is 1. The number of carbonyl (C=O) groups excluding carboxylic acids is 1. The largest absolute Gasteiger partial charge is 0.494 e. The Morgan fingerprint density at radius 3 is 2.62 bits per heavy atom. The number of sulfone groups is 1. The van der Waals surface area contributed by atoms with Crippen molar-refractivity contribution in [1.29, 1.82) is 0 Å². The number of rotatable bonds is 10. The van der Waals surface area contributed by atoms with E-state index in [-0.39, 0.29) is 5.75 Å². The number of benzene rings is 1. The van der Waals surface area contributed by atoms with Gasteiger partial charge in [0.1, 0.15) is 31.9 Å². The van der Waals surface area contributed by atoms with E-state index < -0.39 is 15.7 Å². The fourth-order valence-electron chi connectivity index (χ4n) is 4.73. The first kappa shape index (κ1) is 27.7. The Kier molecular flexibility index (Phi) is 7.83. The second-order valence-corrected chi connectivity index (χ2v) is 12.9. The number of ether oxygens (including phenoxy) is 1. The molecule has 212 valence electrons. The zero-order chi connectivity index (χ0) is 28.4. The van der Waals surface area contributed by atoms with Crippen LogP contribution in [0.5, 0.6) is 5.75 Å². The van der Waals surface area contributed by atoms with Crippen LogP contribution < -0.4 is 26.0 Å². The first-order chi connectivity index (χ1) is 19.1. The van der Waals surface area contributed by atoms with Gasteiger partial charge in [0.25, 0.3) is 5.91 Å². The minimum absolute atomic E-state index is 0.174. The van der Waals surface area contributed by atoms with Crippen LogP contribution in [-0.4, -0.2) is 86.0 Å². The average Bonchev–Trinajstić information content (AvgIpc) is 3.57. The molecule has 5 rings (SSSR count). The maximum Gasteiger partial charge on any atom is 0.260 e. The summed E-state index contributed by atoms with van der Waals surface area (Å²) in [5, 5.41) is 9.08. The number of methoxy groups -OCH3 is 1. The van der Waals surface area contributed by atoms with Crippen LogP contribution in [0.2, 0.25) is 0 Å². The minimum Gasteiger partial charge on any atom is -0.494 e. The zero-order valence-corrected chi connectivity index (χ0v) is 24.2. The summed E-state index contributed by atoms with van der Waals surface area (Å²) < 4.78 is 28.8. The maximum absolute atomic E-state index is 11.8. The van der Waals surface area contributed by atoms with Gasteiger partial charge >= 0.3 is 0 Å². The molecule has 3 aromatic heterocycles. The zero-order valence-electron chi connectivity index (χ0n) is 22.5. The van der Waals surface area contributed by atoms with Crippen LogP contribution in [0.15, 0.2) is 35.8 Å². The van der Waals surface area contributed by atoms with E-state index in [0.29, 0.717) is 46.0 Å². The standard InChI is InChI=1S/C26H32N8O4S2/c1-16-14-19(21(38-2)15-20(16)34-9-7-33(8-10-34)11-13-40(3,36)37)30-26-31-24-17(4-6-28-24)25(32-26)29-18-5-12-39-22(18)23(27)35/h4-6,12,14-15H,7-11,13H2,1-3H3,(H2,27,35)(H3,28,29,30,31,32). The number of aryl methyl sites for hydroxylation is 1. The molecule has 1 aliphatic rings. The van der Waals surface area contributed by atoms with Gasteiger partial charge < -0.3 is 31.0 Å². The van der Waals surface area contributed by atoms with Gasteiger partial charge in [-0.2, -0.15) is 9.97 Å². The Balaban J connectivity index is 1.36. The number of piperazine rings is 1. The van der Waals surface area contributed by atoms with E-state index >= 15 is 0 Å². The molecule has 0 bridgehead atoms. The summed E-state index contributed by atoms with van der Waals surface area (Å²) in [6.07, 6.45) is 3.05. The van der Waals surface area contributed by atoms with E-state index in [2.05, 4.69) is 35.4 Å². The van der Waals surface area contributed by atoms with Crippen LogP contribution in [-0.2, 0) is 9.84 Å². The molecule has 40 heavy (non-hydrogen) atoms. The molecule has 5 N–H and O–H groups in total. The van der Waals surface area contributed by atoms with Crippen LogP contribution in [0.1, 0.15) is 15.2 Å². The molecule has 0 unspecified atom stereocenters. The van der Waals surface area contributed by atoms with Gasteiger partial charge in [0, 0.05) is 56.9 Å². The van der Waals surface area contributed by atoms with Crippen molar-refractivity contribution in [1.82, 2.24) is 19.9 Å². The second kappa shape index (κ2) is 11.3. The highest BCUT2D eigenvalue weighted by atomic mass is 32.2. The summed E-state index contributed by atoms with van der Waals surface area (Å²) in [4.78, 5) is 29.1. The number of amides is 1. The van der Waals surface area contributed by atoms with Gasteiger partial charge in [-0.1, -0.05) is 0 Å². The molecule has 1 aromatic carbocycles. The van der Waals surface area contributed by atoms with Crippen molar-refractivity contribution in [3.63, 3.8) is 0 Å². The monoisotopic (exact) mass is 584 g/mol. The van der Waals surface area contributed by atoms with Crippen molar-refractivity contribution in [3.05, 3.63) is 46.3 Å². The number of carbonyl (C=O) groups is 1. The number of aromatic amines is 1. The van der Waals surface area contributed by atoms with E-state index in [0.717, 1.165) is 42.8 Å². The molecule has 0 spiro atoms. The fourth-order valence-corrected chi connectivity index (χ4v) is 6.02. The number of nitrogens with zero attached hydrogens (tertiary/aromatic N) is 4. The van der Waals surface area contributed by atoms with Crippen molar-refractivity contribution in [2.45, 2.75) is 6.92 Å². The van der Waals surface area contributed by atoms with E-state index in [1.165, 1.54) is 17.6 Å². The van der Waals surface area contributed by atoms with Crippen LogP contribution in [0, 0.1) is 6.92 Å². The van der Waals surface area contributed by atoms with Gasteiger partial charge in [0.15, 0.2) is 0 Å². The highest BCUT2D eigenvalue weighted by Crippen LogP contribution is 2.36. The van der Waals surface area contributed by atoms with Crippen LogP contribution in [0.4, 0.5) is 28.8 Å². The molecule has 0 atom stereocenters. The third kappa shape index (κ3) is 6.13. The number of nitrogens with one attached hydrogen (secondary N) is 3. The summed E-state index contributed by atoms with van der Waals surface area (Å²) in [5.74, 6) is 1.17. The lowest BCUT2D eigenvalue weighted by molar-refractivity contribution is 0.100. The van der Waals surface area contributed by atoms with Crippen molar-refractivity contribution >= 4 is 66.9 Å². The summed E-state index contributed by atoms with van der Waals surface area (Å²) in [6, 6.07) is 7.65. The van der Waals surface area contributed by atoms with Gasteiger partial charge in [-0.15, -0.1) is 11.3 Å². The Bertz CT molecular complexity index is 1640. The first-order valence-electron chi connectivity index (χ1n) is 12.7. The molecule has 12 nitrogen and oxygen atoms in total. The number of hydrogen-bond acceptors (Lipinski definition) is 11. The average molecular weight is 585 g/mol. The number of primary amides is 1. The quantitative estimate of drug-likeness (QED) is 0.218. The van der Waals surface area contributed by atoms with Gasteiger partial charge in [0.05, 0.1) is 29.6 Å². The summed E-state index contributed by atoms with van der Waals surface area (Å²) in [6.45, 7) is 5.75. The van der Waals surface area contributed by atoms with E-state index in [4.69, 9.17) is 10.5 Å². The molecule has 1 saturated heterocycles. The molecular weight excluding hydrogens is 552 g/mol. The lowest BCUT2D eigenvalue weighted by Crippen LogP contribution is -2.47.